The highest BCUT2D eigenvalue weighted by molar-refractivity contribution is 7.71. The summed E-state index contributed by atoms with van der Waals surface area (Å²) in [7, 11) is 0. The molecule has 0 spiro atoms. The molecule has 2 heterocycles. The van der Waals surface area contributed by atoms with Gasteiger partial charge in [-0.3, -0.25) is 9.36 Å². The number of nitrogens with zero attached hydrogens (tertiary/aromatic N) is 4. The number of carbonyl (C=O) groups is 1. The fourth-order valence-electron chi connectivity index (χ4n) is 3.95. The second kappa shape index (κ2) is 8.53. The van der Waals surface area contributed by atoms with Gasteiger partial charge in [-0.2, -0.15) is 9.78 Å². The van der Waals surface area contributed by atoms with Gasteiger partial charge in [0.2, 0.25) is 4.77 Å². The monoisotopic (exact) mass is 422 g/mol. The summed E-state index contributed by atoms with van der Waals surface area (Å²) < 4.78 is 4.67. The van der Waals surface area contributed by atoms with Gasteiger partial charge in [0.15, 0.2) is 12.5 Å². The summed E-state index contributed by atoms with van der Waals surface area (Å²) in [6.45, 7) is 10.5. The van der Waals surface area contributed by atoms with Crippen molar-refractivity contribution in [3.8, 4) is 5.69 Å². The van der Waals surface area contributed by atoms with Crippen molar-refractivity contribution in [1.29, 1.82) is 0 Å². The number of ketones is 1. The van der Waals surface area contributed by atoms with Gasteiger partial charge >= 0.3 is 0 Å². The molecule has 1 aromatic heterocycles. The van der Waals surface area contributed by atoms with Gasteiger partial charge in [-0.1, -0.05) is 12.1 Å². The second-order valence-corrected chi connectivity index (χ2v) is 8.44. The zero-order chi connectivity index (χ0) is 21.3. The van der Waals surface area contributed by atoms with Crippen LogP contribution in [-0.4, -0.2) is 46.3 Å². The highest BCUT2D eigenvalue weighted by Gasteiger charge is 2.21. The van der Waals surface area contributed by atoms with E-state index in [1.807, 2.05) is 39.8 Å². The molecule has 3 aromatic rings. The van der Waals surface area contributed by atoms with Gasteiger partial charge in [0.25, 0.3) is 0 Å². The normalized spacial score (nSPS) is 14.8. The van der Waals surface area contributed by atoms with E-state index in [2.05, 4.69) is 42.0 Å². The van der Waals surface area contributed by atoms with Crippen LogP contribution in [-0.2, 0) is 6.67 Å². The van der Waals surface area contributed by atoms with Crippen molar-refractivity contribution < 1.29 is 9.69 Å². The van der Waals surface area contributed by atoms with Crippen molar-refractivity contribution in [2.24, 2.45) is 0 Å². The summed E-state index contributed by atoms with van der Waals surface area (Å²) in [5.74, 6) is 0.104. The van der Waals surface area contributed by atoms with Crippen LogP contribution in [0, 0.1) is 18.6 Å². The van der Waals surface area contributed by atoms with E-state index < -0.39 is 0 Å². The predicted molar refractivity (Wildman–Crippen MR) is 121 cm³/mol. The molecule has 30 heavy (non-hydrogen) atoms. The average molecular weight is 423 g/mol. The van der Waals surface area contributed by atoms with Crippen molar-refractivity contribution in [3.63, 3.8) is 0 Å². The third-order valence-electron chi connectivity index (χ3n) is 5.84. The standard InChI is InChI=1S/C23H27N5OS/c1-17-4-5-18(2)22(14-17)27-15-24-28(23(27)30)16-25-10-12-26(13-11-25)21-8-6-20(7-9-21)19(3)29/h4-9,14-15H,10-13,16H2,1-3H3/p+1. The quantitative estimate of drug-likeness (QED) is 0.507. The van der Waals surface area contributed by atoms with Gasteiger partial charge < -0.3 is 9.80 Å². The van der Waals surface area contributed by atoms with Gasteiger partial charge in [-0.05, 0) is 74.4 Å². The Hall–Kier alpha value is -2.77. The Bertz CT molecular complexity index is 1110. The topological polar surface area (TPSA) is 47.5 Å². The van der Waals surface area contributed by atoms with E-state index in [4.69, 9.17) is 12.2 Å². The molecule has 1 saturated heterocycles. The molecule has 1 N–H and O–H groups in total. The van der Waals surface area contributed by atoms with Crippen LogP contribution in [0.4, 0.5) is 5.69 Å². The second-order valence-electron chi connectivity index (χ2n) is 8.07. The van der Waals surface area contributed by atoms with Crippen molar-refractivity contribution >= 4 is 23.7 Å². The van der Waals surface area contributed by atoms with E-state index in [1.165, 1.54) is 21.7 Å². The summed E-state index contributed by atoms with van der Waals surface area (Å²) in [5.41, 5.74) is 5.43. The number of quaternary nitrogens is 1. The Kier molecular flexibility index (Phi) is 5.83. The first-order valence-corrected chi connectivity index (χ1v) is 10.7. The molecule has 0 atom stereocenters. The Balaban J connectivity index is 1.41. The molecule has 6 nitrogen and oxygen atoms in total. The van der Waals surface area contributed by atoms with E-state index in [1.54, 1.807) is 6.92 Å². The van der Waals surface area contributed by atoms with Crippen LogP contribution in [0.1, 0.15) is 28.4 Å². The maximum Gasteiger partial charge on any atom is 0.207 e. The third kappa shape index (κ3) is 4.22. The van der Waals surface area contributed by atoms with E-state index in [9.17, 15) is 4.79 Å². The summed E-state index contributed by atoms with van der Waals surface area (Å²) in [5, 5.41) is 4.57. The number of piperazine rings is 1. The molecule has 7 heteroatoms. The number of aryl methyl sites for hydroxylation is 2. The number of anilines is 1. The van der Waals surface area contributed by atoms with Crippen molar-refractivity contribution in [2.75, 3.05) is 31.1 Å². The molecule has 0 unspecified atom stereocenters. The van der Waals surface area contributed by atoms with Crippen molar-refractivity contribution in [2.45, 2.75) is 27.4 Å². The van der Waals surface area contributed by atoms with E-state index in [0.717, 1.165) is 48.9 Å². The lowest BCUT2D eigenvalue weighted by Crippen LogP contribution is -3.14. The molecular formula is C23H28N5OS+. The number of aromatic nitrogens is 3. The van der Waals surface area contributed by atoms with Crippen molar-refractivity contribution in [3.05, 3.63) is 70.3 Å². The molecule has 0 radical (unpaired) electrons. The first-order valence-electron chi connectivity index (χ1n) is 10.3. The molecule has 2 aromatic carbocycles. The number of benzene rings is 2. The zero-order valence-corrected chi connectivity index (χ0v) is 18.6. The fraction of sp³-hybridized carbons (Fsp3) is 0.348. The number of nitrogens with one attached hydrogen (secondary N) is 1. The predicted octanol–water partition coefficient (Wildman–Crippen LogP) is 2.59. The van der Waals surface area contributed by atoms with Crippen LogP contribution >= 0.6 is 12.2 Å². The zero-order valence-electron chi connectivity index (χ0n) is 17.8. The van der Waals surface area contributed by atoms with Crippen molar-refractivity contribution in [1.82, 2.24) is 14.3 Å². The molecule has 0 saturated carbocycles. The first kappa shape index (κ1) is 20.5. The highest BCUT2D eigenvalue weighted by Crippen LogP contribution is 2.17. The molecule has 0 amide bonds. The smallest absolute Gasteiger partial charge is 0.207 e. The van der Waals surface area contributed by atoms with Crippen LogP contribution in [0.2, 0.25) is 0 Å². The lowest BCUT2D eigenvalue weighted by atomic mass is 10.1. The molecular weight excluding hydrogens is 394 g/mol. The maximum atomic E-state index is 11.5. The Morgan fingerprint density at radius 2 is 1.80 bits per heavy atom. The third-order valence-corrected chi connectivity index (χ3v) is 6.25. The van der Waals surface area contributed by atoms with Gasteiger partial charge in [0.1, 0.15) is 6.33 Å². The van der Waals surface area contributed by atoms with E-state index in [-0.39, 0.29) is 5.78 Å². The molecule has 0 aliphatic carbocycles. The highest BCUT2D eigenvalue weighted by atomic mass is 32.1. The number of hydrogen-bond acceptors (Lipinski definition) is 4. The molecule has 1 aliphatic heterocycles. The van der Waals surface area contributed by atoms with Crippen LogP contribution in [0.3, 0.4) is 0 Å². The van der Waals surface area contributed by atoms with Crippen LogP contribution in [0.15, 0.2) is 48.8 Å². The number of hydrogen-bond donors (Lipinski definition) is 1. The van der Waals surface area contributed by atoms with Crippen LogP contribution < -0.4 is 9.80 Å². The number of rotatable bonds is 5. The lowest BCUT2D eigenvalue weighted by molar-refractivity contribution is -0.924. The van der Waals surface area contributed by atoms with Crippen LogP contribution in [0.25, 0.3) is 5.69 Å². The molecule has 1 aliphatic rings. The van der Waals surface area contributed by atoms with Gasteiger partial charge in [-0.15, -0.1) is 0 Å². The van der Waals surface area contributed by atoms with Crippen LogP contribution in [0.5, 0.6) is 0 Å². The first-order chi connectivity index (χ1) is 14.4. The Morgan fingerprint density at radius 3 is 2.47 bits per heavy atom. The molecule has 0 bridgehead atoms. The summed E-state index contributed by atoms with van der Waals surface area (Å²) in [6, 6.07) is 14.3. The molecule has 1 fully saturated rings. The van der Waals surface area contributed by atoms with E-state index >= 15 is 0 Å². The minimum atomic E-state index is 0.104. The summed E-state index contributed by atoms with van der Waals surface area (Å²) in [4.78, 5) is 15.3. The average Bonchev–Trinajstić information content (AvgIpc) is 3.10. The van der Waals surface area contributed by atoms with Gasteiger partial charge in [0, 0.05) is 11.3 Å². The van der Waals surface area contributed by atoms with Gasteiger partial charge in [0.05, 0.1) is 31.9 Å². The summed E-state index contributed by atoms with van der Waals surface area (Å²) >= 11 is 5.72. The minimum Gasteiger partial charge on any atom is -0.360 e. The van der Waals surface area contributed by atoms with E-state index in [0.29, 0.717) is 0 Å². The molecule has 4 rings (SSSR count). The number of carbonyl (C=O) groups excluding carboxylic acids is 1. The Morgan fingerprint density at radius 1 is 1.10 bits per heavy atom. The summed E-state index contributed by atoms with van der Waals surface area (Å²) in [6.07, 6.45) is 1.83. The maximum absolute atomic E-state index is 11.5. The fourth-order valence-corrected chi connectivity index (χ4v) is 4.20. The molecule has 156 valence electrons. The minimum absolute atomic E-state index is 0.104. The Labute approximate surface area is 182 Å². The lowest BCUT2D eigenvalue weighted by Gasteiger charge is -2.33. The van der Waals surface area contributed by atoms with Gasteiger partial charge in [-0.25, -0.2) is 0 Å². The SMILES string of the molecule is CC(=O)c1ccc(N2CC[NH+](Cn3ncn(-c4cc(C)ccc4C)c3=S)CC2)cc1. The largest absolute Gasteiger partial charge is 0.360 e. The number of Topliss-reactive ketones (excluding diaryl/α,β-unsaturated/α-hetero) is 1.